The van der Waals surface area contributed by atoms with Gasteiger partial charge >= 0.3 is 0 Å². The van der Waals surface area contributed by atoms with Gasteiger partial charge in [0, 0.05) is 5.02 Å². The van der Waals surface area contributed by atoms with Crippen molar-refractivity contribution >= 4 is 45.1 Å². The van der Waals surface area contributed by atoms with Crippen LogP contribution in [0.25, 0.3) is 10.9 Å². The Kier molecular flexibility index (Phi) is 1.88. The summed E-state index contributed by atoms with van der Waals surface area (Å²) in [6, 6.07) is 3.21. The summed E-state index contributed by atoms with van der Waals surface area (Å²) in [5, 5.41) is 17.4. The first-order chi connectivity index (χ1) is 5.68. The van der Waals surface area contributed by atoms with Gasteiger partial charge in [-0.05, 0) is 34.7 Å². The third-order valence-corrected chi connectivity index (χ3v) is 2.55. The molecule has 0 aliphatic carbocycles. The number of aromatic amines is 1. The van der Waals surface area contributed by atoms with Crippen LogP contribution in [0.1, 0.15) is 0 Å². The molecule has 0 spiro atoms. The smallest absolute Gasteiger partial charge is 0.129 e. The number of phenolic OH excluding ortho intramolecular Hbond substituents is 1. The molecule has 0 saturated carbocycles. The van der Waals surface area contributed by atoms with Gasteiger partial charge in [0.2, 0.25) is 0 Å². The van der Waals surface area contributed by atoms with Gasteiger partial charge < -0.3 is 5.11 Å². The molecule has 2 N–H and O–H groups in total. The first-order valence-electron chi connectivity index (χ1n) is 3.20. The van der Waals surface area contributed by atoms with E-state index in [1.807, 2.05) is 0 Å². The van der Waals surface area contributed by atoms with Crippen LogP contribution >= 0.6 is 34.2 Å². The topological polar surface area (TPSA) is 48.9 Å². The van der Waals surface area contributed by atoms with Crippen molar-refractivity contribution in [1.82, 2.24) is 10.2 Å². The zero-order chi connectivity index (χ0) is 8.72. The van der Waals surface area contributed by atoms with Gasteiger partial charge in [-0.3, -0.25) is 5.10 Å². The van der Waals surface area contributed by atoms with Crippen molar-refractivity contribution in [3.8, 4) is 5.75 Å². The highest BCUT2D eigenvalue weighted by Crippen LogP contribution is 2.30. The van der Waals surface area contributed by atoms with Gasteiger partial charge in [-0.1, -0.05) is 11.6 Å². The average Bonchev–Trinajstić information content (AvgIpc) is 2.31. The summed E-state index contributed by atoms with van der Waals surface area (Å²) in [4.78, 5) is 0. The Hall–Kier alpha value is -0.490. The van der Waals surface area contributed by atoms with Crippen LogP contribution in [0.2, 0.25) is 5.02 Å². The monoisotopic (exact) mass is 294 g/mol. The molecular formula is C7H4ClIN2O. The number of phenols is 1. The number of benzene rings is 1. The minimum absolute atomic E-state index is 0.163. The van der Waals surface area contributed by atoms with Crippen LogP contribution in [0.4, 0.5) is 0 Å². The number of nitrogens with one attached hydrogen (secondary N) is 1. The number of fused-ring (bicyclic) bond motifs is 1. The van der Waals surface area contributed by atoms with Crippen LogP contribution < -0.4 is 0 Å². The molecule has 3 nitrogen and oxygen atoms in total. The Morgan fingerprint density at radius 1 is 1.50 bits per heavy atom. The highest BCUT2D eigenvalue weighted by atomic mass is 127. The summed E-state index contributed by atoms with van der Waals surface area (Å²) in [6.07, 6.45) is 0. The quantitative estimate of drug-likeness (QED) is 0.734. The van der Waals surface area contributed by atoms with Crippen molar-refractivity contribution in [1.29, 1.82) is 0 Å². The molecule has 1 heterocycles. The molecule has 0 fully saturated rings. The molecular weight excluding hydrogens is 290 g/mol. The molecule has 0 aliphatic rings. The van der Waals surface area contributed by atoms with E-state index in [4.69, 9.17) is 11.6 Å². The first kappa shape index (κ1) is 8.12. The molecule has 0 unspecified atom stereocenters. The van der Waals surface area contributed by atoms with Gasteiger partial charge in [0.05, 0.1) is 10.9 Å². The third-order valence-electron chi connectivity index (χ3n) is 1.56. The van der Waals surface area contributed by atoms with Crippen molar-refractivity contribution in [3.63, 3.8) is 0 Å². The number of aromatic hydroxyl groups is 1. The van der Waals surface area contributed by atoms with Crippen LogP contribution in [0.15, 0.2) is 12.1 Å². The van der Waals surface area contributed by atoms with Crippen molar-refractivity contribution in [3.05, 3.63) is 20.9 Å². The van der Waals surface area contributed by atoms with E-state index < -0.39 is 0 Å². The lowest BCUT2D eigenvalue weighted by Crippen LogP contribution is -1.72. The van der Waals surface area contributed by atoms with Crippen molar-refractivity contribution < 1.29 is 5.11 Å². The number of aromatic nitrogens is 2. The summed E-state index contributed by atoms with van der Waals surface area (Å²) in [5.74, 6) is 0.163. The van der Waals surface area contributed by atoms with Gasteiger partial charge in [0.1, 0.15) is 9.45 Å². The molecule has 62 valence electrons. The van der Waals surface area contributed by atoms with Crippen molar-refractivity contribution in [2.24, 2.45) is 0 Å². The lowest BCUT2D eigenvalue weighted by molar-refractivity contribution is 0.481. The number of rotatable bonds is 0. The maximum absolute atomic E-state index is 9.47. The predicted molar refractivity (Wildman–Crippen MR) is 55.5 cm³/mol. The molecule has 0 radical (unpaired) electrons. The summed E-state index contributed by atoms with van der Waals surface area (Å²) in [7, 11) is 0. The molecule has 2 rings (SSSR count). The van der Waals surface area contributed by atoms with Crippen LogP contribution in [0, 0.1) is 3.70 Å². The fraction of sp³-hybridized carbons (Fsp3) is 0. The minimum Gasteiger partial charge on any atom is -0.507 e. The van der Waals surface area contributed by atoms with Gasteiger partial charge in [-0.15, -0.1) is 0 Å². The zero-order valence-electron chi connectivity index (χ0n) is 5.81. The Labute approximate surface area is 86.9 Å². The maximum atomic E-state index is 9.47. The fourth-order valence-corrected chi connectivity index (χ4v) is 1.94. The highest BCUT2D eigenvalue weighted by Gasteiger charge is 2.08. The van der Waals surface area contributed by atoms with Crippen LogP contribution in [-0.2, 0) is 0 Å². The summed E-state index contributed by atoms with van der Waals surface area (Å²) < 4.78 is 0.816. The van der Waals surface area contributed by atoms with E-state index in [1.165, 1.54) is 6.07 Å². The Morgan fingerprint density at radius 3 is 3.00 bits per heavy atom. The number of hydrogen-bond acceptors (Lipinski definition) is 2. The number of halogens is 2. The second-order valence-electron chi connectivity index (χ2n) is 2.36. The third kappa shape index (κ3) is 1.15. The second kappa shape index (κ2) is 2.77. The molecule has 12 heavy (non-hydrogen) atoms. The molecule has 2 aromatic rings. The van der Waals surface area contributed by atoms with E-state index in [0.29, 0.717) is 10.5 Å². The summed E-state index contributed by atoms with van der Waals surface area (Å²) in [6.45, 7) is 0. The van der Waals surface area contributed by atoms with E-state index in [1.54, 1.807) is 6.07 Å². The largest absolute Gasteiger partial charge is 0.507 e. The van der Waals surface area contributed by atoms with Gasteiger partial charge in [-0.2, -0.15) is 5.10 Å². The lowest BCUT2D eigenvalue weighted by atomic mass is 10.2. The summed E-state index contributed by atoms with van der Waals surface area (Å²) >= 11 is 7.79. The highest BCUT2D eigenvalue weighted by molar-refractivity contribution is 14.1. The molecule has 1 aromatic carbocycles. The SMILES string of the molecule is Oc1cc(Cl)cc2n[nH]c(I)c12. The van der Waals surface area contributed by atoms with Crippen molar-refractivity contribution in [2.75, 3.05) is 0 Å². The molecule has 0 amide bonds. The Balaban J connectivity index is 2.93. The molecule has 0 atom stereocenters. The van der Waals surface area contributed by atoms with Gasteiger partial charge in [0.15, 0.2) is 0 Å². The molecule has 0 bridgehead atoms. The average molecular weight is 294 g/mol. The molecule has 1 aromatic heterocycles. The maximum Gasteiger partial charge on any atom is 0.129 e. The van der Waals surface area contributed by atoms with E-state index in [2.05, 4.69) is 32.8 Å². The number of hydrogen-bond donors (Lipinski definition) is 2. The molecule has 0 aliphatic heterocycles. The van der Waals surface area contributed by atoms with E-state index in [-0.39, 0.29) is 5.75 Å². The van der Waals surface area contributed by atoms with E-state index >= 15 is 0 Å². The Morgan fingerprint density at radius 2 is 2.25 bits per heavy atom. The lowest BCUT2D eigenvalue weighted by Gasteiger charge is -1.94. The van der Waals surface area contributed by atoms with Gasteiger partial charge in [-0.25, -0.2) is 0 Å². The van der Waals surface area contributed by atoms with Crippen LogP contribution in [0.3, 0.4) is 0 Å². The van der Waals surface area contributed by atoms with E-state index in [0.717, 1.165) is 9.09 Å². The minimum atomic E-state index is 0.163. The number of nitrogens with zero attached hydrogens (tertiary/aromatic N) is 1. The van der Waals surface area contributed by atoms with Crippen molar-refractivity contribution in [2.45, 2.75) is 0 Å². The summed E-state index contributed by atoms with van der Waals surface area (Å²) in [5.41, 5.74) is 0.685. The molecule has 5 heteroatoms. The van der Waals surface area contributed by atoms with Gasteiger partial charge in [0.25, 0.3) is 0 Å². The normalized spacial score (nSPS) is 10.8. The fourth-order valence-electron chi connectivity index (χ4n) is 1.06. The standard InChI is InChI=1S/C7H4ClIN2O/c8-3-1-4-6(5(12)2-3)7(9)11-10-4/h1-2,12H,(H,10,11). The molecule has 0 saturated heterocycles. The van der Waals surface area contributed by atoms with Crippen LogP contribution in [0.5, 0.6) is 5.75 Å². The zero-order valence-corrected chi connectivity index (χ0v) is 8.72. The predicted octanol–water partition coefficient (Wildman–Crippen LogP) is 2.53. The van der Waals surface area contributed by atoms with E-state index in [9.17, 15) is 5.11 Å². The van der Waals surface area contributed by atoms with Crippen LogP contribution in [-0.4, -0.2) is 15.3 Å². The Bertz CT molecular complexity index is 440. The number of H-pyrrole nitrogens is 1. The second-order valence-corrected chi connectivity index (χ2v) is 3.87. The first-order valence-corrected chi connectivity index (χ1v) is 4.66.